The van der Waals surface area contributed by atoms with E-state index in [0.717, 1.165) is 47.8 Å². The molecule has 1 saturated heterocycles. The summed E-state index contributed by atoms with van der Waals surface area (Å²) in [4.78, 5) is 15.2. The number of ether oxygens (including phenoxy) is 1. The summed E-state index contributed by atoms with van der Waals surface area (Å²) in [7, 11) is 0. The molecule has 1 amide bonds. The van der Waals surface area contributed by atoms with Gasteiger partial charge in [-0.3, -0.25) is 9.69 Å². The average Bonchev–Trinajstić information content (AvgIpc) is 3.30. The Morgan fingerprint density at radius 1 is 0.971 bits per heavy atom. The summed E-state index contributed by atoms with van der Waals surface area (Å²) >= 11 is 0. The molecule has 1 aromatic heterocycles. The number of nitrogens with one attached hydrogen (secondary N) is 1. The first-order valence-corrected chi connectivity index (χ1v) is 12.0. The molecule has 0 bridgehead atoms. The molecule has 0 saturated carbocycles. The van der Waals surface area contributed by atoms with Gasteiger partial charge in [0.2, 0.25) is 0 Å². The number of aryl methyl sites for hydroxylation is 1. The molecule has 1 atom stereocenters. The third-order valence-electron chi connectivity index (χ3n) is 6.31. The SMILES string of the molecule is Cc1onc(-c2ccccc2)c1-c1ccc(C(=O)NCC2CN(Cc3ccccc3)CCO2)cc1. The molecular weight excluding hydrogens is 438 g/mol. The number of nitrogens with zero attached hydrogens (tertiary/aromatic N) is 2. The van der Waals surface area contributed by atoms with Gasteiger partial charge in [-0.05, 0) is 30.2 Å². The molecule has 178 valence electrons. The fourth-order valence-electron chi connectivity index (χ4n) is 4.49. The van der Waals surface area contributed by atoms with Crippen molar-refractivity contribution in [2.24, 2.45) is 0 Å². The maximum atomic E-state index is 12.8. The molecule has 1 aliphatic heterocycles. The van der Waals surface area contributed by atoms with Crippen molar-refractivity contribution in [3.8, 4) is 22.4 Å². The highest BCUT2D eigenvalue weighted by Crippen LogP contribution is 2.34. The molecule has 3 aromatic carbocycles. The van der Waals surface area contributed by atoms with Crippen LogP contribution in [0.25, 0.3) is 22.4 Å². The quantitative estimate of drug-likeness (QED) is 0.417. The normalized spacial score (nSPS) is 16.2. The molecule has 1 N–H and O–H groups in total. The minimum absolute atomic E-state index is 0.0243. The van der Waals surface area contributed by atoms with Crippen LogP contribution in [-0.4, -0.2) is 48.3 Å². The van der Waals surface area contributed by atoms with Crippen LogP contribution in [-0.2, 0) is 11.3 Å². The Balaban J connectivity index is 1.20. The number of carbonyl (C=O) groups excluding carboxylic acids is 1. The molecule has 6 heteroatoms. The van der Waals surface area contributed by atoms with E-state index in [1.54, 1.807) is 0 Å². The largest absolute Gasteiger partial charge is 0.374 e. The Labute approximate surface area is 205 Å². The van der Waals surface area contributed by atoms with E-state index < -0.39 is 0 Å². The fraction of sp³-hybridized carbons (Fsp3) is 0.241. The highest BCUT2D eigenvalue weighted by Gasteiger charge is 2.22. The number of hydrogen-bond acceptors (Lipinski definition) is 5. The van der Waals surface area contributed by atoms with Gasteiger partial charge in [-0.15, -0.1) is 0 Å². The summed E-state index contributed by atoms with van der Waals surface area (Å²) in [6, 6.07) is 28.0. The topological polar surface area (TPSA) is 67.6 Å². The second-order valence-electron chi connectivity index (χ2n) is 8.83. The summed E-state index contributed by atoms with van der Waals surface area (Å²) in [6.45, 7) is 5.64. The minimum atomic E-state index is -0.106. The lowest BCUT2D eigenvalue weighted by Gasteiger charge is -2.33. The fourth-order valence-corrected chi connectivity index (χ4v) is 4.49. The van der Waals surface area contributed by atoms with Gasteiger partial charge in [0.25, 0.3) is 5.91 Å². The lowest BCUT2D eigenvalue weighted by atomic mass is 9.98. The van der Waals surface area contributed by atoms with E-state index >= 15 is 0 Å². The zero-order chi connectivity index (χ0) is 24.0. The van der Waals surface area contributed by atoms with Gasteiger partial charge >= 0.3 is 0 Å². The van der Waals surface area contributed by atoms with E-state index in [0.29, 0.717) is 18.7 Å². The van der Waals surface area contributed by atoms with E-state index in [4.69, 9.17) is 9.26 Å². The maximum Gasteiger partial charge on any atom is 0.251 e. The van der Waals surface area contributed by atoms with Crippen LogP contribution >= 0.6 is 0 Å². The average molecular weight is 468 g/mol. The molecule has 5 rings (SSSR count). The van der Waals surface area contributed by atoms with Gasteiger partial charge in [0.1, 0.15) is 11.5 Å². The Bertz CT molecular complexity index is 1250. The minimum Gasteiger partial charge on any atom is -0.374 e. The first-order valence-electron chi connectivity index (χ1n) is 12.0. The monoisotopic (exact) mass is 467 g/mol. The van der Waals surface area contributed by atoms with E-state index in [2.05, 4.69) is 39.6 Å². The molecule has 35 heavy (non-hydrogen) atoms. The van der Waals surface area contributed by atoms with Gasteiger partial charge in [-0.25, -0.2) is 0 Å². The lowest BCUT2D eigenvalue weighted by Crippen LogP contribution is -2.47. The van der Waals surface area contributed by atoms with Crippen molar-refractivity contribution in [1.29, 1.82) is 0 Å². The third kappa shape index (κ3) is 5.50. The number of benzene rings is 3. The summed E-state index contributed by atoms with van der Waals surface area (Å²) in [5.41, 5.74) is 5.60. The molecule has 6 nitrogen and oxygen atoms in total. The van der Waals surface area contributed by atoms with E-state index in [9.17, 15) is 4.79 Å². The maximum absolute atomic E-state index is 12.8. The van der Waals surface area contributed by atoms with Crippen molar-refractivity contribution >= 4 is 5.91 Å². The summed E-state index contributed by atoms with van der Waals surface area (Å²) in [5, 5.41) is 7.30. The van der Waals surface area contributed by atoms with Crippen LogP contribution in [0.2, 0.25) is 0 Å². The van der Waals surface area contributed by atoms with E-state index in [1.807, 2.05) is 67.6 Å². The van der Waals surface area contributed by atoms with Crippen LogP contribution in [0.15, 0.2) is 89.5 Å². The lowest BCUT2D eigenvalue weighted by molar-refractivity contribution is -0.0292. The van der Waals surface area contributed by atoms with Crippen LogP contribution in [0, 0.1) is 6.92 Å². The van der Waals surface area contributed by atoms with Crippen LogP contribution < -0.4 is 5.32 Å². The van der Waals surface area contributed by atoms with Crippen LogP contribution in [0.4, 0.5) is 0 Å². The smallest absolute Gasteiger partial charge is 0.251 e. The van der Waals surface area contributed by atoms with Gasteiger partial charge in [0, 0.05) is 37.3 Å². The van der Waals surface area contributed by atoms with E-state index in [1.165, 1.54) is 5.56 Å². The van der Waals surface area contributed by atoms with E-state index in [-0.39, 0.29) is 12.0 Å². The molecule has 0 spiro atoms. The molecule has 1 aliphatic rings. The van der Waals surface area contributed by atoms with Crippen molar-refractivity contribution in [3.05, 3.63) is 102 Å². The Hall–Kier alpha value is -3.74. The molecule has 2 heterocycles. The van der Waals surface area contributed by atoms with Crippen LogP contribution in [0.1, 0.15) is 21.7 Å². The highest BCUT2D eigenvalue weighted by atomic mass is 16.5. The number of rotatable bonds is 7. The van der Waals surface area contributed by atoms with Crippen molar-refractivity contribution in [3.63, 3.8) is 0 Å². The summed E-state index contributed by atoms with van der Waals surface area (Å²) in [5.74, 6) is 0.640. The standard InChI is InChI=1S/C29H29N3O3/c1-21-27(28(31-35-21)24-10-6-3-7-11-24)23-12-14-25(15-13-23)29(33)30-18-26-20-32(16-17-34-26)19-22-8-4-2-5-9-22/h2-15,26H,16-20H2,1H3,(H,30,33). The molecular formula is C29H29N3O3. The second kappa shape index (κ2) is 10.7. The van der Waals surface area contributed by atoms with Gasteiger partial charge in [-0.2, -0.15) is 0 Å². The highest BCUT2D eigenvalue weighted by molar-refractivity contribution is 5.95. The number of hydrogen-bond donors (Lipinski definition) is 1. The van der Waals surface area contributed by atoms with Crippen LogP contribution in [0.3, 0.4) is 0 Å². The molecule has 0 aliphatic carbocycles. The Kier molecular flexibility index (Phi) is 7.02. The second-order valence-corrected chi connectivity index (χ2v) is 8.83. The Morgan fingerprint density at radius 3 is 2.43 bits per heavy atom. The number of amides is 1. The molecule has 4 aromatic rings. The van der Waals surface area contributed by atoms with Crippen molar-refractivity contribution in [1.82, 2.24) is 15.4 Å². The zero-order valence-corrected chi connectivity index (χ0v) is 19.8. The van der Waals surface area contributed by atoms with Gasteiger partial charge in [0.15, 0.2) is 0 Å². The zero-order valence-electron chi connectivity index (χ0n) is 19.8. The molecule has 1 fully saturated rings. The number of aromatic nitrogens is 1. The summed E-state index contributed by atoms with van der Waals surface area (Å²) < 4.78 is 11.4. The van der Waals surface area contributed by atoms with Crippen molar-refractivity contribution in [2.45, 2.75) is 19.6 Å². The van der Waals surface area contributed by atoms with Crippen LogP contribution in [0.5, 0.6) is 0 Å². The Morgan fingerprint density at radius 2 is 1.69 bits per heavy atom. The number of morpholine rings is 1. The van der Waals surface area contributed by atoms with Gasteiger partial charge < -0.3 is 14.6 Å². The first-order chi connectivity index (χ1) is 17.2. The first kappa shape index (κ1) is 23.0. The van der Waals surface area contributed by atoms with Gasteiger partial charge in [0.05, 0.1) is 18.3 Å². The number of carbonyl (C=O) groups is 1. The van der Waals surface area contributed by atoms with Gasteiger partial charge in [-0.1, -0.05) is 78.0 Å². The predicted molar refractivity (Wildman–Crippen MR) is 136 cm³/mol. The summed E-state index contributed by atoms with van der Waals surface area (Å²) in [6.07, 6.45) is -0.0243. The third-order valence-corrected chi connectivity index (χ3v) is 6.31. The predicted octanol–water partition coefficient (Wildman–Crippen LogP) is 4.95. The molecule has 1 unspecified atom stereocenters. The van der Waals surface area contributed by atoms with Crippen molar-refractivity contribution in [2.75, 3.05) is 26.2 Å². The van der Waals surface area contributed by atoms with Crippen molar-refractivity contribution < 1.29 is 14.1 Å². The molecule has 0 radical (unpaired) electrons.